The molecule has 19 heavy (non-hydrogen) atoms. The lowest BCUT2D eigenvalue weighted by atomic mass is 9.82. The Bertz CT molecular complexity index is 531. The minimum atomic E-state index is 0.192. The van der Waals surface area contributed by atoms with Crippen LogP contribution < -0.4 is 10.5 Å². The maximum absolute atomic E-state index is 5.62. The lowest BCUT2D eigenvalue weighted by molar-refractivity contribution is 0.296. The molecule has 0 spiro atoms. The summed E-state index contributed by atoms with van der Waals surface area (Å²) in [5.74, 6) is 1.67. The first-order valence-electron chi connectivity index (χ1n) is 6.41. The number of benzene rings is 1. The van der Waals surface area contributed by atoms with Gasteiger partial charge in [0, 0.05) is 0 Å². The maximum Gasteiger partial charge on any atom is 0.239 e. The molecule has 1 aromatic heterocycles. The number of hydrogen-bond donors (Lipinski definition) is 2. The van der Waals surface area contributed by atoms with Crippen molar-refractivity contribution < 1.29 is 4.74 Å². The minimum Gasteiger partial charge on any atom is -0.486 e. The van der Waals surface area contributed by atoms with Crippen LogP contribution in [0.25, 0.3) is 0 Å². The van der Waals surface area contributed by atoms with Crippen molar-refractivity contribution in [3.8, 4) is 5.75 Å². The van der Waals surface area contributed by atoms with Gasteiger partial charge in [-0.05, 0) is 29.5 Å². The molecular formula is C14H20N4O. The van der Waals surface area contributed by atoms with Gasteiger partial charge in [0.25, 0.3) is 0 Å². The van der Waals surface area contributed by atoms with Crippen LogP contribution in [0.4, 0.5) is 5.95 Å². The molecule has 0 aliphatic rings. The maximum atomic E-state index is 5.62. The van der Waals surface area contributed by atoms with Crippen LogP contribution in [0.5, 0.6) is 5.75 Å². The molecule has 2 aromatic rings. The van der Waals surface area contributed by atoms with Crippen LogP contribution in [0.2, 0.25) is 0 Å². The fourth-order valence-corrected chi connectivity index (χ4v) is 1.73. The smallest absolute Gasteiger partial charge is 0.239 e. The van der Waals surface area contributed by atoms with Gasteiger partial charge in [-0.15, -0.1) is 5.10 Å². The van der Waals surface area contributed by atoms with Crippen LogP contribution in [-0.2, 0) is 12.0 Å². The summed E-state index contributed by atoms with van der Waals surface area (Å²) in [4.78, 5) is 3.98. The number of H-pyrrole nitrogens is 1. The fraction of sp³-hybridized carbons (Fsp3) is 0.429. The summed E-state index contributed by atoms with van der Waals surface area (Å²) in [7, 11) is 0. The third-order valence-corrected chi connectivity index (χ3v) is 3.44. The van der Waals surface area contributed by atoms with Crippen molar-refractivity contribution in [1.29, 1.82) is 0 Å². The Labute approximate surface area is 113 Å². The van der Waals surface area contributed by atoms with Gasteiger partial charge in [-0.2, -0.15) is 4.98 Å². The predicted octanol–water partition coefficient (Wildman–Crippen LogP) is 2.65. The molecule has 1 aromatic carbocycles. The molecule has 0 fully saturated rings. The monoisotopic (exact) mass is 260 g/mol. The lowest BCUT2D eigenvalue weighted by Crippen LogP contribution is -2.15. The normalized spacial score (nSPS) is 11.5. The van der Waals surface area contributed by atoms with Crippen LogP contribution in [0.15, 0.2) is 24.3 Å². The van der Waals surface area contributed by atoms with Crippen LogP contribution in [0, 0.1) is 0 Å². The summed E-state index contributed by atoms with van der Waals surface area (Å²) in [6.45, 7) is 7.00. The predicted molar refractivity (Wildman–Crippen MR) is 74.9 cm³/mol. The first-order valence-corrected chi connectivity index (χ1v) is 6.41. The van der Waals surface area contributed by atoms with Gasteiger partial charge in [0.1, 0.15) is 12.4 Å². The Hall–Kier alpha value is -2.04. The van der Waals surface area contributed by atoms with Gasteiger partial charge in [0.15, 0.2) is 5.82 Å². The molecular weight excluding hydrogens is 240 g/mol. The van der Waals surface area contributed by atoms with E-state index in [-0.39, 0.29) is 11.4 Å². The molecule has 5 nitrogen and oxygen atoms in total. The van der Waals surface area contributed by atoms with Gasteiger partial charge in [-0.25, -0.2) is 0 Å². The van der Waals surface area contributed by atoms with Crippen molar-refractivity contribution in [3.05, 3.63) is 35.7 Å². The Kier molecular flexibility index (Phi) is 3.74. The zero-order valence-electron chi connectivity index (χ0n) is 11.6. The summed E-state index contributed by atoms with van der Waals surface area (Å²) in [5, 5.41) is 6.46. The number of aromatic nitrogens is 3. The van der Waals surface area contributed by atoms with E-state index in [2.05, 4.69) is 48.1 Å². The lowest BCUT2D eigenvalue weighted by Gasteiger charge is -2.23. The highest BCUT2D eigenvalue weighted by Crippen LogP contribution is 2.28. The Morgan fingerprint density at radius 1 is 1.26 bits per heavy atom. The van der Waals surface area contributed by atoms with E-state index in [0.29, 0.717) is 12.4 Å². The molecule has 0 unspecified atom stereocenters. The second kappa shape index (κ2) is 5.30. The summed E-state index contributed by atoms with van der Waals surface area (Å²) < 4.78 is 5.62. The third-order valence-electron chi connectivity index (χ3n) is 3.44. The number of hydrogen-bond acceptors (Lipinski definition) is 4. The van der Waals surface area contributed by atoms with Crippen molar-refractivity contribution in [2.75, 3.05) is 5.73 Å². The average molecular weight is 260 g/mol. The number of nitrogens with two attached hydrogens (primary N) is 1. The summed E-state index contributed by atoms with van der Waals surface area (Å²) >= 11 is 0. The number of nitrogens with zero attached hydrogens (tertiary/aromatic N) is 2. The van der Waals surface area contributed by atoms with E-state index in [1.165, 1.54) is 5.56 Å². The number of aromatic amines is 1. The van der Waals surface area contributed by atoms with Crippen molar-refractivity contribution in [1.82, 2.24) is 15.2 Å². The highest BCUT2D eigenvalue weighted by Gasteiger charge is 2.17. The molecule has 0 amide bonds. The molecule has 0 atom stereocenters. The molecule has 0 saturated carbocycles. The summed E-state index contributed by atoms with van der Waals surface area (Å²) in [5.41, 5.74) is 6.93. The van der Waals surface area contributed by atoms with Crippen LogP contribution >= 0.6 is 0 Å². The number of rotatable bonds is 5. The van der Waals surface area contributed by atoms with E-state index in [0.717, 1.165) is 12.2 Å². The first kappa shape index (κ1) is 13.4. The van der Waals surface area contributed by atoms with Crippen LogP contribution in [0.1, 0.15) is 38.6 Å². The van der Waals surface area contributed by atoms with E-state index < -0.39 is 0 Å². The topological polar surface area (TPSA) is 76.8 Å². The Balaban J connectivity index is 1.99. The van der Waals surface area contributed by atoms with Gasteiger partial charge in [-0.1, -0.05) is 32.9 Å². The standard InChI is InChI=1S/C14H20N4O/c1-4-14(2,3)10-5-7-11(8-6-10)19-9-12-16-13(15)18-17-12/h5-8H,4,9H2,1-3H3,(H3,15,16,17,18). The van der Waals surface area contributed by atoms with Crippen LogP contribution in [0.3, 0.4) is 0 Å². The number of anilines is 1. The SMILES string of the molecule is CCC(C)(C)c1ccc(OCc2nc(N)n[nH]2)cc1. The number of nitrogen functional groups attached to an aromatic ring is 1. The third kappa shape index (κ3) is 3.24. The molecule has 0 aliphatic heterocycles. The van der Waals surface area contributed by atoms with Crippen molar-refractivity contribution >= 4 is 5.95 Å². The summed E-state index contributed by atoms with van der Waals surface area (Å²) in [6, 6.07) is 8.17. The van der Waals surface area contributed by atoms with Gasteiger partial charge >= 0.3 is 0 Å². The first-order chi connectivity index (χ1) is 9.01. The highest BCUT2D eigenvalue weighted by atomic mass is 16.5. The molecule has 5 heteroatoms. The van der Waals surface area contributed by atoms with Gasteiger partial charge in [0.2, 0.25) is 5.95 Å². The van der Waals surface area contributed by atoms with Gasteiger partial charge in [0.05, 0.1) is 0 Å². The van der Waals surface area contributed by atoms with Crippen molar-refractivity contribution in [2.24, 2.45) is 0 Å². The molecule has 0 radical (unpaired) electrons. The second-order valence-electron chi connectivity index (χ2n) is 5.19. The molecule has 2 rings (SSSR count). The van der Waals surface area contributed by atoms with Crippen molar-refractivity contribution in [2.45, 2.75) is 39.2 Å². The second-order valence-corrected chi connectivity index (χ2v) is 5.19. The van der Waals surface area contributed by atoms with E-state index in [1.807, 2.05) is 12.1 Å². The van der Waals surface area contributed by atoms with Gasteiger partial charge in [-0.3, -0.25) is 5.10 Å². The molecule has 0 saturated heterocycles. The van der Waals surface area contributed by atoms with Crippen molar-refractivity contribution in [3.63, 3.8) is 0 Å². The number of ether oxygens (including phenoxy) is 1. The van der Waals surface area contributed by atoms with E-state index in [9.17, 15) is 0 Å². The Morgan fingerprint density at radius 2 is 1.95 bits per heavy atom. The van der Waals surface area contributed by atoms with E-state index in [4.69, 9.17) is 10.5 Å². The van der Waals surface area contributed by atoms with E-state index in [1.54, 1.807) is 0 Å². The quantitative estimate of drug-likeness (QED) is 0.866. The molecule has 0 aliphatic carbocycles. The average Bonchev–Trinajstić information content (AvgIpc) is 2.83. The zero-order valence-corrected chi connectivity index (χ0v) is 11.6. The zero-order chi connectivity index (χ0) is 13.9. The fourth-order valence-electron chi connectivity index (χ4n) is 1.73. The molecule has 3 N–H and O–H groups in total. The largest absolute Gasteiger partial charge is 0.486 e. The molecule has 0 bridgehead atoms. The number of nitrogens with one attached hydrogen (secondary N) is 1. The van der Waals surface area contributed by atoms with Gasteiger partial charge < -0.3 is 10.5 Å². The van der Waals surface area contributed by atoms with E-state index >= 15 is 0 Å². The Morgan fingerprint density at radius 3 is 2.47 bits per heavy atom. The van der Waals surface area contributed by atoms with Crippen LogP contribution in [-0.4, -0.2) is 15.2 Å². The molecule has 1 heterocycles. The minimum absolute atomic E-state index is 0.192. The molecule has 102 valence electrons. The highest BCUT2D eigenvalue weighted by molar-refractivity contribution is 5.31. The summed E-state index contributed by atoms with van der Waals surface area (Å²) in [6.07, 6.45) is 1.10.